The average Bonchev–Trinajstić information content (AvgIpc) is 3.14. The van der Waals surface area contributed by atoms with Gasteiger partial charge in [0.15, 0.2) is 0 Å². The number of nitrogens with two attached hydrogens (primary N) is 2. The Hall–Kier alpha value is -4.06. The summed E-state index contributed by atoms with van der Waals surface area (Å²) in [5.74, 6) is 2.69. The highest BCUT2D eigenvalue weighted by molar-refractivity contribution is 5.97. The molecule has 4 aromatic rings. The maximum absolute atomic E-state index is 6.32. The van der Waals surface area contributed by atoms with Gasteiger partial charge in [-0.1, -0.05) is 61.5 Å². The van der Waals surface area contributed by atoms with Crippen molar-refractivity contribution in [2.45, 2.75) is 12.8 Å². The first-order chi connectivity index (χ1) is 15.1. The van der Waals surface area contributed by atoms with E-state index in [1.165, 1.54) is 0 Å². The fourth-order valence-electron chi connectivity index (χ4n) is 3.86. The Kier molecular flexibility index (Phi) is 4.67. The van der Waals surface area contributed by atoms with Gasteiger partial charge in [-0.15, -0.1) is 0 Å². The summed E-state index contributed by atoms with van der Waals surface area (Å²) in [5.41, 5.74) is 15.7. The van der Waals surface area contributed by atoms with Crippen LogP contribution in [-0.2, 0) is 0 Å². The molecule has 0 fully saturated rings. The lowest BCUT2D eigenvalue weighted by molar-refractivity contribution is 0.340. The van der Waals surface area contributed by atoms with Crippen LogP contribution in [0.3, 0.4) is 0 Å². The third kappa shape index (κ3) is 3.64. The molecule has 154 valence electrons. The van der Waals surface area contributed by atoms with Crippen molar-refractivity contribution in [1.82, 2.24) is 9.97 Å². The van der Waals surface area contributed by atoms with Gasteiger partial charge in [0.25, 0.3) is 0 Å². The number of nitrogen functional groups attached to an aromatic ring is 2. The molecule has 6 nitrogen and oxygen atoms in total. The molecule has 6 heteroatoms. The Morgan fingerprint density at radius 2 is 1.74 bits per heavy atom. The third-order valence-corrected chi connectivity index (χ3v) is 5.31. The van der Waals surface area contributed by atoms with Gasteiger partial charge in [0.2, 0.25) is 5.95 Å². The topological polar surface area (TPSA) is 96.3 Å². The lowest BCUT2D eigenvalue weighted by atomic mass is 9.99. The van der Waals surface area contributed by atoms with Crippen LogP contribution in [0.5, 0.6) is 17.2 Å². The van der Waals surface area contributed by atoms with Crippen LogP contribution in [0, 0.1) is 0 Å². The quantitative estimate of drug-likeness (QED) is 0.446. The molecule has 0 saturated heterocycles. The molecular formula is C25H22N4O2. The second-order valence-corrected chi connectivity index (χ2v) is 7.61. The van der Waals surface area contributed by atoms with Crippen LogP contribution in [0.25, 0.3) is 23.1 Å². The Morgan fingerprint density at radius 1 is 0.968 bits per heavy atom. The zero-order valence-electron chi connectivity index (χ0n) is 17.1. The molecule has 3 aromatic carbocycles. The van der Waals surface area contributed by atoms with Gasteiger partial charge in [0.05, 0.1) is 17.5 Å². The van der Waals surface area contributed by atoms with Crippen LogP contribution in [0.4, 0.5) is 11.8 Å². The Labute approximate surface area is 180 Å². The van der Waals surface area contributed by atoms with Crippen LogP contribution in [0.15, 0.2) is 60.7 Å². The normalized spacial score (nSPS) is 15.2. The Bertz CT molecular complexity index is 1300. The van der Waals surface area contributed by atoms with Crippen LogP contribution < -0.4 is 20.9 Å². The molecule has 0 spiro atoms. The molecule has 31 heavy (non-hydrogen) atoms. The number of hydrogen-bond acceptors (Lipinski definition) is 6. The fourth-order valence-corrected chi connectivity index (χ4v) is 3.86. The molecule has 1 atom stereocenters. The van der Waals surface area contributed by atoms with Gasteiger partial charge >= 0.3 is 0 Å². The summed E-state index contributed by atoms with van der Waals surface area (Å²) in [7, 11) is 0. The van der Waals surface area contributed by atoms with E-state index >= 15 is 0 Å². The summed E-state index contributed by atoms with van der Waals surface area (Å²) < 4.78 is 12.3. The number of rotatable bonds is 4. The van der Waals surface area contributed by atoms with E-state index in [1.807, 2.05) is 48.5 Å². The van der Waals surface area contributed by atoms with Crippen LogP contribution in [0.1, 0.15) is 29.5 Å². The lowest BCUT2D eigenvalue weighted by Crippen LogP contribution is -2.02. The maximum atomic E-state index is 6.32. The predicted molar refractivity (Wildman–Crippen MR) is 124 cm³/mol. The first kappa shape index (κ1) is 18.9. The molecule has 0 aliphatic carbocycles. The smallest absolute Gasteiger partial charge is 0.222 e. The predicted octanol–water partition coefficient (Wildman–Crippen LogP) is 5.25. The highest BCUT2D eigenvalue weighted by atomic mass is 16.5. The van der Waals surface area contributed by atoms with E-state index < -0.39 is 0 Å². The minimum atomic E-state index is 0.120. The van der Waals surface area contributed by atoms with E-state index in [9.17, 15) is 0 Å². The van der Waals surface area contributed by atoms with Crippen LogP contribution in [-0.4, -0.2) is 16.6 Å². The number of nitrogens with zero attached hydrogens (tertiary/aromatic N) is 2. The minimum absolute atomic E-state index is 0.120. The van der Waals surface area contributed by atoms with E-state index in [0.29, 0.717) is 34.8 Å². The van der Waals surface area contributed by atoms with E-state index in [2.05, 4.69) is 41.2 Å². The summed E-state index contributed by atoms with van der Waals surface area (Å²) in [6, 6.07) is 20.0. The fraction of sp³-hybridized carbons (Fsp3) is 0.120. The van der Waals surface area contributed by atoms with Crippen molar-refractivity contribution in [3.05, 3.63) is 77.4 Å². The van der Waals surface area contributed by atoms with Gasteiger partial charge in [-0.3, -0.25) is 0 Å². The second kappa shape index (κ2) is 7.65. The van der Waals surface area contributed by atoms with E-state index in [-0.39, 0.29) is 11.9 Å². The van der Waals surface area contributed by atoms with Gasteiger partial charge in [-0.2, -0.15) is 4.98 Å². The SMILES string of the molecule is CC1COc2c1c(Oc1cccc(/C=C/c3ccccc3)c1)cc1nc(N)nc(N)c21. The number of benzene rings is 3. The molecule has 1 unspecified atom stereocenters. The van der Waals surface area contributed by atoms with Crippen molar-refractivity contribution in [3.63, 3.8) is 0 Å². The summed E-state index contributed by atoms with van der Waals surface area (Å²) in [4.78, 5) is 8.43. The van der Waals surface area contributed by atoms with Crippen molar-refractivity contribution in [1.29, 1.82) is 0 Å². The number of anilines is 2. The molecule has 5 rings (SSSR count). The van der Waals surface area contributed by atoms with E-state index in [1.54, 1.807) is 0 Å². The molecule has 0 bridgehead atoms. The molecule has 0 radical (unpaired) electrons. The summed E-state index contributed by atoms with van der Waals surface area (Å²) in [6.45, 7) is 2.65. The largest absolute Gasteiger partial charge is 0.492 e. The summed E-state index contributed by atoms with van der Waals surface area (Å²) in [5, 5.41) is 0.681. The van der Waals surface area contributed by atoms with Crippen molar-refractivity contribution >= 4 is 34.8 Å². The summed E-state index contributed by atoms with van der Waals surface area (Å²) >= 11 is 0. The molecule has 4 N–H and O–H groups in total. The van der Waals surface area contributed by atoms with Gasteiger partial charge in [0, 0.05) is 17.5 Å². The first-order valence-corrected chi connectivity index (χ1v) is 10.1. The Morgan fingerprint density at radius 3 is 2.58 bits per heavy atom. The monoisotopic (exact) mass is 410 g/mol. The van der Waals surface area contributed by atoms with Gasteiger partial charge in [-0.05, 0) is 23.3 Å². The summed E-state index contributed by atoms with van der Waals surface area (Å²) in [6.07, 6.45) is 4.14. The van der Waals surface area contributed by atoms with Gasteiger partial charge in [-0.25, -0.2) is 4.98 Å². The van der Waals surface area contributed by atoms with Crippen molar-refractivity contribution in [2.24, 2.45) is 0 Å². The average molecular weight is 410 g/mol. The molecule has 0 saturated carbocycles. The number of ether oxygens (including phenoxy) is 2. The molecular weight excluding hydrogens is 388 g/mol. The van der Waals surface area contributed by atoms with Crippen molar-refractivity contribution in [3.8, 4) is 17.2 Å². The number of aromatic nitrogens is 2. The standard InChI is InChI=1S/C25H22N4O2/c1-15-14-30-23-21(15)20(13-19-22(23)24(26)29-25(27)28-19)31-18-9-5-8-17(12-18)11-10-16-6-3-2-4-7-16/h2-13,15H,14H2,1H3,(H4,26,27,28,29)/b11-10+. The van der Waals surface area contributed by atoms with E-state index in [0.717, 1.165) is 22.4 Å². The highest BCUT2D eigenvalue weighted by Crippen LogP contribution is 2.47. The first-order valence-electron chi connectivity index (χ1n) is 10.1. The number of fused-ring (bicyclic) bond motifs is 3. The zero-order chi connectivity index (χ0) is 21.4. The molecule has 0 amide bonds. The van der Waals surface area contributed by atoms with Crippen molar-refractivity contribution < 1.29 is 9.47 Å². The van der Waals surface area contributed by atoms with Crippen LogP contribution in [0.2, 0.25) is 0 Å². The molecule has 2 heterocycles. The Balaban J connectivity index is 1.53. The number of hydrogen-bond donors (Lipinski definition) is 2. The zero-order valence-corrected chi connectivity index (χ0v) is 17.1. The molecule has 1 aliphatic heterocycles. The molecule has 1 aromatic heterocycles. The van der Waals surface area contributed by atoms with Crippen molar-refractivity contribution in [2.75, 3.05) is 18.1 Å². The lowest BCUT2D eigenvalue weighted by Gasteiger charge is -2.14. The highest BCUT2D eigenvalue weighted by Gasteiger charge is 2.29. The van der Waals surface area contributed by atoms with Gasteiger partial charge < -0.3 is 20.9 Å². The maximum Gasteiger partial charge on any atom is 0.222 e. The van der Waals surface area contributed by atoms with Gasteiger partial charge in [0.1, 0.15) is 23.1 Å². The van der Waals surface area contributed by atoms with E-state index in [4.69, 9.17) is 20.9 Å². The second-order valence-electron chi connectivity index (χ2n) is 7.61. The third-order valence-electron chi connectivity index (χ3n) is 5.31. The minimum Gasteiger partial charge on any atom is -0.492 e. The molecule has 1 aliphatic rings. The van der Waals surface area contributed by atoms with Crippen LogP contribution >= 0.6 is 0 Å².